The van der Waals surface area contributed by atoms with E-state index in [1.807, 2.05) is 27.7 Å². The number of allylic oxidation sites excluding steroid dienone is 2. The Morgan fingerprint density at radius 1 is 1.33 bits per heavy atom. The molecule has 30 heavy (non-hydrogen) atoms. The molecule has 2 fully saturated rings. The molecule has 166 valence electrons. The highest BCUT2D eigenvalue weighted by Gasteiger charge is 2.56. The molecule has 0 unspecified atom stereocenters. The largest absolute Gasteiger partial charge is 0.457 e. The molecule has 3 atom stereocenters. The van der Waals surface area contributed by atoms with Gasteiger partial charge in [0.05, 0.1) is 11.9 Å². The van der Waals surface area contributed by atoms with Gasteiger partial charge >= 0.3 is 5.97 Å². The van der Waals surface area contributed by atoms with E-state index < -0.39 is 17.9 Å². The molecule has 1 aliphatic carbocycles. The van der Waals surface area contributed by atoms with Crippen LogP contribution in [0.5, 0.6) is 0 Å². The molecule has 8 heteroatoms. The summed E-state index contributed by atoms with van der Waals surface area (Å²) in [5.74, 6) is 0.754. The number of esters is 1. The smallest absolute Gasteiger partial charge is 0.331 e. The molecule has 0 spiro atoms. The minimum atomic E-state index is -0.510. The number of likely N-dealkylation sites (tertiary alicyclic amines) is 1. The van der Waals surface area contributed by atoms with E-state index in [-0.39, 0.29) is 24.0 Å². The summed E-state index contributed by atoms with van der Waals surface area (Å²) in [6.45, 7) is 8.02. The zero-order valence-electron chi connectivity index (χ0n) is 18.0. The van der Waals surface area contributed by atoms with Crippen LogP contribution in [-0.2, 0) is 28.5 Å². The van der Waals surface area contributed by atoms with Crippen LogP contribution in [0.3, 0.4) is 0 Å². The topological polar surface area (TPSA) is 74.3 Å². The highest BCUT2D eigenvalue weighted by molar-refractivity contribution is 9.09. The standard InChI is InChI=1S/C22H30BrNO6/c1-21(2,3)30-17(25)8-6-5-7-11-27-14-16-19(29-18(13-23)28-16)24-15-9-10-22(4,12-15)20(24)26/h5-8,15,18H,9-14H2,1-4H3/b7-5+,8-6+/t15-,18+,22+/m0/s1. The van der Waals surface area contributed by atoms with E-state index in [1.165, 1.54) is 6.08 Å². The number of nitrogens with zero attached hydrogens (tertiary/aromatic N) is 1. The molecule has 2 bridgehead atoms. The highest BCUT2D eigenvalue weighted by Crippen LogP contribution is 2.51. The average Bonchev–Trinajstić information content (AvgIpc) is 3.30. The molecule has 7 nitrogen and oxygen atoms in total. The summed E-state index contributed by atoms with van der Waals surface area (Å²) >= 11 is 3.37. The van der Waals surface area contributed by atoms with Crippen LogP contribution in [-0.4, -0.2) is 53.3 Å². The van der Waals surface area contributed by atoms with Gasteiger partial charge in [-0.2, -0.15) is 0 Å². The van der Waals surface area contributed by atoms with Crippen molar-refractivity contribution in [1.82, 2.24) is 4.90 Å². The van der Waals surface area contributed by atoms with Gasteiger partial charge in [0.25, 0.3) is 6.29 Å². The van der Waals surface area contributed by atoms with Gasteiger partial charge in [0.15, 0.2) is 5.76 Å². The third-order valence-electron chi connectivity index (χ3n) is 5.25. The molecule has 0 N–H and O–H groups in total. The Morgan fingerprint density at radius 3 is 2.73 bits per heavy atom. The lowest BCUT2D eigenvalue weighted by Gasteiger charge is -2.29. The van der Waals surface area contributed by atoms with E-state index in [1.54, 1.807) is 23.1 Å². The number of piperidine rings is 1. The van der Waals surface area contributed by atoms with Gasteiger partial charge in [0.1, 0.15) is 12.2 Å². The Labute approximate surface area is 186 Å². The number of hydrogen-bond acceptors (Lipinski definition) is 6. The molecule has 0 aromatic rings. The molecule has 1 amide bonds. The Balaban J connectivity index is 1.52. The van der Waals surface area contributed by atoms with Gasteiger partial charge in [0, 0.05) is 17.5 Å². The summed E-state index contributed by atoms with van der Waals surface area (Å²) in [5, 5.41) is 0.499. The number of halogens is 1. The van der Waals surface area contributed by atoms with Crippen LogP contribution in [0, 0.1) is 5.41 Å². The lowest BCUT2D eigenvalue weighted by atomic mass is 9.89. The van der Waals surface area contributed by atoms with Crippen molar-refractivity contribution in [3.05, 3.63) is 35.9 Å². The zero-order valence-corrected chi connectivity index (χ0v) is 19.6. The highest BCUT2D eigenvalue weighted by atomic mass is 79.9. The Bertz CT molecular complexity index is 768. The van der Waals surface area contributed by atoms with E-state index in [9.17, 15) is 9.59 Å². The van der Waals surface area contributed by atoms with Gasteiger partial charge in [-0.3, -0.25) is 9.69 Å². The summed E-state index contributed by atoms with van der Waals surface area (Å²) in [5.41, 5.74) is -0.799. The van der Waals surface area contributed by atoms with Crippen LogP contribution in [0.4, 0.5) is 0 Å². The second-order valence-corrected chi connectivity index (χ2v) is 9.66. The third kappa shape index (κ3) is 5.27. The Kier molecular flexibility index (Phi) is 6.97. The van der Waals surface area contributed by atoms with E-state index in [0.717, 1.165) is 19.3 Å². The minimum absolute atomic E-state index is 0.109. The van der Waals surface area contributed by atoms with Crippen molar-refractivity contribution < 1.29 is 28.5 Å². The van der Waals surface area contributed by atoms with Crippen LogP contribution in [0.15, 0.2) is 35.9 Å². The Hall–Kier alpha value is -1.80. The first kappa shape index (κ1) is 22.9. The zero-order chi connectivity index (χ0) is 21.9. The van der Waals surface area contributed by atoms with Crippen molar-refractivity contribution in [3.8, 4) is 0 Å². The van der Waals surface area contributed by atoms with Crippen LogP contribution in [0.1, 0.15) is 47.0 Å². The van der Waals surface area contributed by atoms with Gasteiger partial charge in [-0.25, -0.2) is 4.79 Å². The normalized spacial score (nSPS) is 28.7. The monoisotopic (exact) mass is 483 g/mol. The molecule has 2 heterocycles. The van der Waals surface area contributed by atoms with Gasteiger partial charge in [0.2, 0.25) is 11.8 Å². The number of alkyl halides is 1. The average molecular weight is 484 g/mol. The van der Waals surface area contributed by atoms with Gasteiger partial charge in [-0.05, 0) is 40.0 Å². The Morgan fingerprint density at radius 2 is 2.10 bits per heavy atom. The number of carbonyl (C=O) groups excluding carboxylic acids is 2. The fourth-order valence-corrected chi connectivity index (χ4v) is 4.20. The van der Waals surface area contributed by atoms with E-state index >= 15 is 0 Å². The molecular formula is C22H30BrNO6. The number of carbonyl (C=O) groups is 2. The molecule has 0 aromatic heterocycles. The van der Waals surface area contributed by atoms with Crippen molar-refractivity contribution in [3.63, 3.8) is 0 Å². The molecule has 3 aliphatic rings. The van der Waals surface area contributed by atoms with E-state index in [4.69, 9.17) is 18.9 Å². The molecule has 1 saturated carbocycles. The third-order valence-corrected chi connectivity index (χ3v) is 5.78. The van der Waals surface area contributed by atoms with Crippen molar-refractivity contribution >= 4 is 27.8 Å². The van der Waals surface area contributed by atoms with Crippen molar-refractivity contribution in [2.75, 3.05) is 18.5 Å². The first-order valence-corrected chi connectivity index (χ1v) is 11.3. The fourth-order valence-electron chi connectivity index (χ4n) is 3.94. The number of ether oxygens (including phenoxy) is 4. The van der Waals surface area contributed by atoms with E-state index in [0.29, 0.717) is 23.6 Å². The summed E-state index contributed by atoms with van der Waals surface area (Å²) in [6, 6.07) is 0.170. The second-order valence-electron chi connectivity index (χ2n) is 9.02. The quantitative estimate of drug-likeness (QED) is 0.172. The van der Waals surface area contributed by atoms with Crippen LogP contribution in [0.2, 0.25) is 0 Å². The summed E-state index contributed by atoms with van der Waals surface area (Å²) < 4.78 is 22.6. The first-order valence-electron chi connectivity index (χ1n) is 10.2. The predicted octanol–water partition coefficient (Wildman–Crippen LogP) is 3.80. The molecule has 1 saturated heterocycles. The van der Waals surface area contributed by atoms with Gasteiger partial charge in [-0.1, -0.05) is 41.1 Å². The predicted molar refractivity (Wildman–Crippen MR) is 114 cm³/mol. The van der Waals surface area contributed by atoms with E-state index in [2.05, 4.69) is 15.9 Å². The summed E-state index contributed by atoms with van der Waals surface area (Å²) in [6.07, 6.45) is 8.78. The number of amides is 1. The fraction of sp³-hybridized carbons (Fsp3) is 0.636. The van der Waals surface area contributed by atoms with Gasteiger partial charge < -0.3 is 18.9 Å². The molecule has 2 aliphatic heterocycles. The molecular weight excluding hydrogens is 454 g/mol. The lowest BCUT2D eigenvalue weighted by molar-refractivity contribution is -0.148. The maximum atomic E-state index is 12.9. The molecule has 3 rings (SSSR count). The minimum Gasteiger partial charge on any atom is -0.457 e. The van der Waals surface area contributed by atoms with Crippen LogP contribution >= 0.6 is 15.9 Å². The van der Waals surface area contributed by atoms with Crippen LogP contribution < -0.4 is 0 Å². The molecule has 0 aromatic carbocycles. The van der Waals surface area contributed by atoms with Gasteiger partial charge in [-0.15, -0.1) is 0 Å². The second kappa shape index (κ2) is 9.14. The summed E-state index contributed by atoms with van der Waals surface area (Å²) in [4.78, 5) is 26.2. The number of hydrogen-bond donors (Lipinski definition) is 0. The van der Waals surface area contributed by atoms with Crippen molar-refractivity contribution in [1.29, 1.82) is 0 Å². The maximum Gasteiger partial charge on any atom is 0.331 e. The SMILES string of the molecule is CC(C)(C)OC(=O)/C=C/C=C/COCC1=C(N2C(=O)[C@]3(C)CC[C@H]2C3)O[C@H](CBr)O1. The van der Waals surface area contributed by atoms with Crippen molar-refractivity contribution in [2.45, 2.75) is 64.9 Å². The summed E-state index contributed by atoms with van der Waals surface area (Å²) in [7, 11) is 0. The first-order chi connectivity index (χ1) is 14.1. The lowest BCUT2D eigenvalue weighted by Crippen LogP contribution is -2.40. The number of fused-ring (bicyclic) bond motifs is 2. The van der Waals surface area contributed by atoms with Crippen LogP contribution in [0.25, 0.3) is 0 Å². The van der Waals surface area contributed by atoms with Crippen molar-refractivity contribution in [2.24, 2.45) is 5.41 Å². The molecule has 0 radical (unpaired) electrons. The number of rotatable bonds is 8. The maximum absolute atomic E-state index is 12.9.